The molecule has 2 unspecified atom stereocenters. The zero-order valence-electron chi connectivity index (χ0n) is 12.8. The lowest BCUT2D eigenvalue weighted by molar-refractivity contribution is 0.0465. The fourth-order valence-corrected chi connectivity index (χ4v) is 3.76. The van der Waals surface area contributed by atoms with E-state index in [4.69, 9.17) is 0 Å². The highest BCUT2D eigenvalue weighted by Crippen LogP contribution is 2.41. The lowest BCUT2D eigenvalue weighted by Gasteiger charge is -2.27. The third-order valence-electron chi connectivity index (χ3n) is 4.89. The molecule has 4 rings (SSSR count). The van der Waals surface area contributed by atoms with Gasteiger partial charge in [-0.3, -0.25) is 0 Å². The van der Waals surface area contributed by atoms with Crippen LogP contribution in [0.15, 0.2) is 42.5 Å². The second kappa shape index (κ2) is 5.17. The predicted octanol–water partition coefficient (Wildman–Crippen LogP) is 3.21. The summed E-state index contributed by atoms with van der Waals surface area (Å²) in [6, 6.07) is 12.2. The Kier molecular flexibility index (Phi) is 3.23. The van der Waals surface area contributed by atoms with E-state index in [0.29, 0.717) is 5.56 Å². The summed E-state index contributed by atoms with van der Waals surface area (Å²) in [7, 11) is 0. The predicted molar refractivity (Wildman–Crippen MR) is 92.1 cm³/mol. The SMILES string of the molecule is Cc1c2c(c(CO)c3c1ccc1ccccc13)C=CC(O)C2O. The fourth-order valence-electron chi connectivity index (χ4n) is 3.76. The van der Waals surface area contributed by atoms with Gasteiger partial charge in [-0.15, -0.1) is 0 Å². The van der Waals surface area contributed by atoms with Crippen LogP contribution >= 0.6 is 0 Å². The second-order valence-electron chi connectivity index (χ2n) is 6.09. The van der Waals surface area contributed by atoms with E-state index in [1.165, 1.54) is 0 Å². The molecule has 0 spiro atoms. The first kappa shape index (κ1) is 14.4. The van der Waals surface area contributed by atoms with E-state index in [1.54, 1.807) is 6.08 Å². The third kappa shape index (κ3) is 1.94. The molecule has 0 fully saturated rings. The molecule has 0 saturated heterocycles. The van der Waals surface area contributed by atoms with Crippen molar-refractivity contribution >= 4 is 27.6 Å². The fraction of sp³-hybridized carbons (Fsp3) is 0.200. The first-order valence-corrected chi connectivity index (χ1v) is 7.75. The van der Waals surface area contributed by atoms with E-state index < -0.39 is 12.2 Å². The van der Waals surface area contributed by atoms with Crippen LogP contribution in [0.4, 0.5) is 0 Å². The Morgan fingerprint density at radius 2 is 1.78 bits per heavy atom. The van der Waals surface area contributed by atoms with Crippen molar-refractivity contribution in [3.8, 4) is 0 Å². The molecular formula is C20H18O3. The number of aliphatic hydroxyl groups is 3. The number of aryl methyl sites for hydroxylation is 1. The third-order valence-corrected chi connectivity index (χ3v) is 4.89. The van der Waals surface area contributed by atoms with Gasteiger partial charge in [0, 0.05) is 0 Å². The maximum absolute atomic E-state index is 10.4. The summed E-state index contributed by atoms with van der Waals surface area (Å²) in [5.74, 6) is 0. The van der Waals surface area contributed by atoms with Crippen LogP contribution in [0.1, 0.15) is 28.4 Å². The van der Waals surface area contributed by atoms with Gasteiger partial charge in [0.15, 0.2) is 0 Å². The van der Waals surface area contributed by atoms with E-state index >= 15 is 0 Å². The molecule has 0 saturated carbocycles. The van der Waals surface area contributed by atoms with Gasteiger partial charge in [-0.05, 0) is 50.7 Å². The van der Waals surface area contributed by atoms with E-state index in [0.717, 1.165) is 38.2 Å². The summed E-state index contributed by atoms with van der Waals surface area (Å²) in [4.78, 5) is 0. The molecule has 3 heteroatoms. The largest absolute Gasteiger partial charge is 0.392 e. The van der Waals surface area contributed by atoms with Gasteiger partial charge in [0.05, 0.1) is 6.61 Å². The molecule has 3 nitrogen and oxygen atoms in total. The highest BCUT2D eigenvalue weighted by atomic mass is 16.3. The van der Waals surface area contributed by atoms with Crippen LogP contribution in [-0.4, -0.2) is 21.4 Å². The smallest absolute Gasteiger partial charge is 0.109 e. The van der Waals surface area contributed by atoms with Crippen LogP contribution in [0.2, 0.25) is 0 Å². The van der Waals surface area contributed by atoms with Crippen LogP contribution in [0, 0.1) is 6.92 Å². The molecule has 0 radical (unpaired) electrons. The Labute approximate surface area is 134 Å². The molecule has 116 valence electrons. The van der Waals surface area contributed by atoms with Crippen molar-refractivity contribution in [1.82, 2.24) is 0 Å². The van der Waals surface area contributed by atoms with Gasteiger partial charge in [0.25, 0.3) is 0 Å². The van der Waals surface area contributed by atoms with Crippen LogP contribution in [0.25, 0.3) is 27.6 Å². The summed E-state index contributed by atoms with van der Waals surface area (Å²) in [6.07, 6.45) is 1.52. The molecular weight excluding hydrogens is 288 g/mol. The standard InChI is InChI=1S/C20H18O3/c1-11-13-7-6-12-4-2-3-5-14(12)19(13)16(10-21)15-8-9-17(22)20(23)18(11)15/h2-9,17,20-23H,10H2,1H3. The summed E-state index contributed by atoms with van der Waals surface area (Å²) >= 11 is 0. The van der Waals surface area contributed by atoms with Gasteiger partial charge in [-0.2, -0.15) is 0 Å². The summed E-state index contributed by atoms with van der Waals surface area (Å²) in [6.45, 7) is 1.85. The van der Waals surface area contributed by atoms with Crippen molar-refractivity contribution in [2.75, 3.05) is 0 Å². The Morgan fingerprint density at radius 1 is 1.00 bits per heavy atom. The van der Waals surface area contributed by atoms with Crippen molar-refractivity contribution < 1.29 is 15.3 Å². The maximum Gasteiger partial charge on any atom is 0.109 e. The zero-order valence-corrected chi connectivity index (χ0v) is 12.8. The van der Waals surface area contributed by atoms with Gasteiger partial charge < -0.3 is 15.3 Å². The Balaban J connectivity index is 2.24. The zero-order chi connectivity index (χ0) is 16.1. The van der Waals surface area contributed by atoms with Crippen molar-refractivity contribution in [2.24, 2.45) is 0 Å². The van der Waals surface area contributed by atoms with E-state index in [-0.39, 0.29) is 6.61 Å². The van der Waals surface area contributed by atoms with Gasteiger partial charge >= 0.3 is 0 Å². The van der Waals surface area contributed by atoms with Crippen LogP contribution in [-0.2, 0) is 6.61 Å². The maximum atomic E-state index is 10.4. The van der Waals surface area contributed by atoms with Crippen LogP contribution < -0.4 is 0 Å². The number of rotatable bonds is 1. The van der Waals surface area contributed by atoms with E-state index in [1.807, 2.05) is 31.2 Å². The lowest BCUT2D eigenvalue weighted by atomic mass is 9.81. The number of hydrogen-bond acceptors (Lipinski definition) is 3. The van der Waals surface area contributed by atoms with Crippen LogP contribution in [0.5, 0.6) is 0 Å². The number of hydrogen-bond donors (Lipinski definition) is 3. The number of fused-ring (bicyclic) bond motifs is 4. The summed E-state index contributed by atoms with van der Waals surface area (Å²) in [5.41, 5.74) is 3.30. The number of aliphatic hydroxyl groups excluding tert-OH is 3. The number of benzene rings is 3. The Hall–Kier alpha value is -2.20. The molecule has 0 bridgehead atoms. The molecule has 23 heavy (non-hydrogen) atoms. The lowest BCUT2D eigenvalue weighted by Crippen LogP contribution is -2.21. The molecule has 0 aliphatic heterocycles. The van der Waals surface area contributed by atoms with Crippen molar-refractivity contribution in [1.29, 1.82) is 0 Å². The van der Waals surface area contributed by atoms with Crippen molar-refractivity contribution in [2.45, 2.75) is 25.7 Å². The van der Waals surface area contributed by atoms with Crippen molar-refractivity contribution in [3.63, 3.8) is 0 Å². The van der Waals surface area contributed by atoms with Gasteiger partial charge in [-0.25, -0.2) is 0 Å². The molecule has 0 aromatic heterocycles. The van der Waals surface area contributed by atoms with Crippen LogP contribution in [0.3, 0.4) is 0 Å². The summed E-state index contributed by atoms with van der Waals surface area (Å²) < 4.78 is 0. The van der Waals surface area contributed by atoms with Gasteiger partial charge in [0.2, 0.25) is 0 Å². The minimum absolute atomic E-state index is 0.111. The van der Waals surface area contributed by atoms with E-state index in [2.05, 4.69) is 18.2 Å². The molecule has 1 aliphatic carbocycles. The highest BCUT2D eigenvalue weighted by Gasteiger charge is 2.28. The summed E-state index contributed by atoms with van der Waals surface area (Å²) in [5, 5.41) is 34.6. The van der Waals surface area contributed by atoms with Gasteiger partial charge in [-0.1, -0.05) is 48.6 Å². The minimum atomic E-state index is -0.962. The first-order chi connectivity index (χ1) is 11.1. The van der Waals surface area contributed by atoms with E-state index in [9.17, 15) is 15.3 Å². The molecule has 3 aromatic carbocycles. The van der Waals surface area contributed by atoms with Crippen molar-refractivity contribution in [3.05, 3.63) is 64.7 Å². The molecule has 0 heterocycles. The average Bonchev–Trinajstić information content (AvgIpc) is 2.58. The molecule has 1 aliphatic rings. The quantitative estimate of drug-likeness (QED) is 0.605. The normalized spacial score (nSPS) is 20.2. The highest BCUT2D eigenvalue weighted by molar-refractivity contribution is 6.11. The first-order valence-electron chi connectivity index (χ1n) is 7.75. The van der Waals surface area contributed by atoms with Gasteiger partial charge in [0.1, 0.15) is 12.2 Å². The molecule has 0 amide bonds. The average molecular weight is 306 g/mol. The molecule has 3 N–H and O–H groups in total. The Morgan fingerprint density at radius 3 is 2.57 bits per heavy atom. The minimum Gasteiger partial charge on any atom is -0.392 e. The topological polar surface area (TPSA) is 60.7 Å². The molecule has 3 aromatic rings. The second-order valence-corrected chi connectivity index (χ2v) is 6.09. The molecule has 2 atom stereocenters. The Bertz CT molecular complexity index is 956. The monoisotopic (exact) mass is 306 g/mol.